The Labute approximate surface area is 241 Å². The van der Waals surface area contributed by atoms with E-state index in [0.29, 0.717) is 43.9 Å². The molecule has 3 rings (SSSR count). The number of amides is 3. The normalized spacial score (nSPS) is 14.8. The lowest BCUT2D eigenvalue weighted by atomic mass is 9.95. The highest BCUT2D eigenvalue weighted by atomic mass is 79.9. The van der Waals surface area contributed by atoms with Gasteiger partial charge in [0.1, 0.15) is 12.4 Å². The number of nitrogens with zero attached hydrogens (tertiary/aromatic N) is 1. The minimum absolute atomic E-state index is 0.253. The number of urea groups is 1. The molecule has 0 aliphatic carbocycles. The maximum Gasteiger partial charge on any atom is 0.337 e. The largest absolute Gasteiger partial charge is 0.493 e. The highest BCUT2D eigenvalue weighted by Gasteiger charge is 2.32. The Morgan fingerprint density at radius 3 is 2.49 bits per heavy atom. The summed E-state index contributed by atoms with van der Waals surface area (Å²) in [4.78, 5) is 36.7. The molecule has 2 aromatic carbocycles. The monoisotopic (exact) mass is 664 g/mol. The van der Waals surface area contributed by atoms with Gasteiger partial charge in [0.15, 0.2) is 18.1 Å². The summed E-state index contributed by atoms with van der Waals surface area (Å²) in [5, 5.41) is 9.23. The molecule has 2 aromatic rings. The lowest BCUT2D eigenvalue weighted by Crippen LogP contribution is -2.45. The quantitative estimate of drug-likeness (QED) is 0.142. The number of carbonyl (C=O) groups excluding carboxylic acids is 3. The number of esters is 1. The molecule has 206 valence electrons. The Bertz CT molecular complexity index is 1320. The Kier molecular flexibility index (Phi) is 10.5. The smallest absolute Gasteiger partial charge is 0.337 e. The first-order valence-corrected chi connectivity index (χ1v) is 13.0. The van der Waals surface area contributed by atoms with Gasteiger partial charge in [-0.2, -0.15) is 5.10 Å². The molecule has 3 amide bonds. The fourth-order valence-corrected chi connectivity index (χ4v) is 5.05. The van der Waals surface area contributed by atoms with E-state index in [1.165, 1.54) is 20.4 Å². The average Bonchev–Trinajstić information content (AvgIpc) is 2.90. The second-order valence-electron chi connectivity index (χ2n) is 7.97. The third-order valence-electron chi connectivity index (χ3n) is 5.32. The zero-order chi connectivity index (χ0) is 28.5. The van der Waals surface area contributed by atoms with Crippen LogP contribution in [0.25, 0.3) is 0 Å². The van der Waals surface area contributed by atoms with Crippen molar-refractivity contribution >= 4 is 56.0 Å². The number of methoxy groups -OCH3 is 2. The maximum atomic E-state index is 12.3. The highest BCUT2D eigenvalue weighted by Crippen LogP contribution is 2.35. The number of rotatable bonds is 11. The standard InChI is InChI=1S/C26H26Br2N4O7/c1-5-8-38-24-17(27)9-15(10-18(24)28)12-29-32-21(33)13-39-19-7-6-16(11-20(19)36-3)23-22(25(34)37-4)14(2)30-26(35)31-23/h5-7,9-12,23H,1,8,13H2,2-4H3,(H,32,33)(H2,30,31,35)/b29-12-/t23-/m0/s1. The van der Waals surface area contributed by atoms with Gasteiger partial charge in [-0.25, -0.2) is 15.0 Å². The summed E-state index contributed by atoms with van der Waals surface area (Å²) < 4.78 is 22.9. The van der Waals surface area contributed by atoms with Gasteiger partial charge in [0.2, 0.25) is 0 Å². The second kappa shape index (κ2) is 13.8. The minimum atomic E-state index is -0.769. The molecule has 1 heterocycles. The summed E-state index contributed by atoms with van der Waals surface area (Å²) in [5.74, 6) is 0.118. The molecule has 3 N–H and O–H groups in total. The van der Waals surface area contributed by atoms with E-state index in [2.05, 4.69) is 59.6 Å². The molecule has 39 heavy (non-hydrogen) atoms. The summed E-state index contributed by atoms with van der Waals surface area (Å²) in [5.41, 5.74) is 4.30. The van der Waals surface area contributed by atoms with Crippen LogP contribution in [0.1, 0.15) is 24.1 Å². The average molecular weight is 666 g/mol. The Morgan fingerprint density at radius 1 is 1.13 bits per heavy atom. The molecular weight excluding hydrogens is 640 g/mol. The first kappa shape index (κ1) is 29.7. The van der Waals surface area contributed by atoms with E-state index < -0.39 is 23.9 Å². The third-order valence-corrected chi connectivity index (χ3v) is 6.50. The van der Waals surface area contributed by atoms with Crippen LogP contribution in [0.5, 0.6) is 17.2 Å². The van der Waals surface area contributed by atoms with E-state index in [4.69, 9.17) is 18.9 Å². The van der Waals surface area contributed by atoms with Crippen molar-refractivity contribution in [3.05, 3.63) is 74.3 Å². The van der Waals surface area contributed by atoms with Crippen molar-refractivity contribution in [2.24, 2.45) is 5.10 Å². The number of benzene rings is 2. The molecule has 1 aliphatic rings. The van der Waals surface area contributed by atoms with Gasteiger partial charge in [-0.15, -0.1) is 0 Å². The molecule has 0 saturated heterocycles. The van der Waals surface area contributed by atoms with Crippen LogP contribution in [0.2, 0.25) is 0 Å². The Balaban J connectivity index is 1.65. The van der Waals surface area contributed by atoms with Crippen LogP contribution in [-0.4, -0.2) is 51.6 Å². The van der Waals surface area contributed by atoms with Gasteiger partial charge in [-0.1, -0.05) is 18.7 Å². The van der Waals surface area contributed by atoms with Crippen molar-refractivity contribution in [2.75, 3.05) is 27.4 Å². The lowest BCUT2D eigenvalue weighted by molar-refractivity contribution is -0.136. The molecule has 0 saturated carbocycles. The molecule has 0 bridgehead atoms. The molecule has 13 heteroatoms. The number of hydrazone groups is 1. The maximum absolute atomic E-state index is 12.3. The molecule has 0 fully saturated rings. The van der Waals surface area contributed by atoms with Gasteiger partial charge < -0.3 is 29.6 Å². The van der Waals surface area contributed by atoms with E-state index in [9.17, 15) is 14.4 Å². The van der Waals surface area contributed by atoms with Crippen molar-refractivity contribution in [1.82, 2.24) is 16.1 Å². The van der Waals surface area contributed by atoms with Crippen LogP contribution >= 0.6 is 31.9 Å². The second-order valence-corrected chi connectivity index (χ2v) is 9.68. The van der Waals surface area contributed by atoms with Gasteiger partial charge in [-0.3, -0.25) is 4.79 Å². The van der Waals surface area contributed by atoms with Crippen LogP contribution in [-0.2, 0) is 14.3 Å². The lowest BCUT2D eigenvalue weighted by Gasteiger charge is -2.28. The number of nitrogens with one attached hydrogen (secondary N) is 3. The highest BCUT2D eigenvalue weighted by molar-refractivity contribution is 9.11. The van der Waals surface area contributed by atoms with Crippen LogP contribution in [0.4, 0.5) is 4.79 Å². The molecular formula is C26H26Br2N4O7. The van der Waals surface area contributed by atoms with Crippen molar-refractivity contribution in [3.63, 3.8) is 0 Å². The number of carbonyl (C=O) groups is 3. The van der Waals surface area contributed by atoms with Crippen LogP contribution in [0.15, 0.2) is 68.3 Å². The first-order chi connectivity index (χ1) is 18.7. The number of ether oxygens (including phenoxy) is 4. The van der Waals surface area contributed by atoms with E-state index >= 15 is 0 Å². The van der Waals surface area contributed by atoms with Crippen molar-refractivity contribution in [2.45, 2.75) is 13.0 Å². The summed E-state index contributed by atoms with van der Waals surface area (Å²) in [7, 11) is 2.69. The van der Waals surface area contributed by atoms with Gasteiger partial charge in [0, 0.05) is 5.70 Å². The van der Waals surface area contributed by atoms with Crippen molar-refractivity contribution in [1.29, 1.82) is 0 Å². The molecule has 0 unspecified atom stereocenters. The number of hydrogen-bond donors (Lipinski definition) is 3. The summed E-state index contributed by atoms with van der Waals surface area (Å²) in [6.07, 6.45) is 3.12. The summed E-state index contributed by atoms with van der Waals surface area (Å²) in [6, 6.07) is 7.18. The summed E-state index contributed by atoms with van der Waals surface area (Å²) >= 11 is 6.89. The first-order valence-electron chi connectivity index (χ1n) is 11.4. The third kappa shape index (κ3) is 7.60. The molecule has 0 spiro atoms. The number of allylic oxidation sites excluding steroid dienone is 1. The minimum Gasteiger partial charge on any atom is -0.493 e. The molecule has 1 aliphatic heterocycles. The van der Waals surface area contributed by atoms with Crippen molar-refractivity contribution < 1.29 is 33.3 Å². The predicted octanol–water partition coefficient (Wildman–Crippen LogP) is 4.12. The Morgan fingerprint density at radius 2 is 1.85 bits per heavy atom. The van der Waals surface area contributed by atoms with E-state index in [0.717, 1.165) is 0 Å². The number of hydrogen-bond acceptors (Lipinski definition) is 8. The van der Waals surface area contributed by atoms with Gasteiger partial charge >= 0.3 is 12.0 Å². The molecule has 1 atom stereocenters. The van der Waals surface area contributed by atoms with Gasteiger partial charge in [0.25, 0.3) is 5.91 Å². The fraction of sp³-hybridized carbons (Fsp3) is 0.231. The molecule has 0 radical (unpaired) electrons. The van der Waals surface area contributed by atoms with Crippen LogP contribution < -0.4 is 30.3 Å². The van der Waals surface area contributed by atoms with Crippen LogP contribution in [0.3, 0.4) is 0 Å². The van der Waals surface area contributed by atoms with E-state index in [1.54, 1.807) is 43.3 Å². The van der Waals surface area contributed by atoms with Gasteiger partial charge in [-0.05, 0) is 74.2 Å². The van der Waals surface area contributed by atoms with Crippen molar-refractivity contribution in [3.8, 4) is 17.2 Å². The zero-order valence-electron chi connectivity index (χ0n) is 21.3. The van der Waals surface area contributed by atoms with Gasteiger partial charge in [0.05, 0.1) is 41.0 Å². The Hall–Kier alpha value is -3.84. The topological polar surface area (TPSA) is 137 Å². The zero-order valence-corrected chi connectivity index (χ0v) is 24.5. The van der Waals surface area contributed by atoms with E-state index in [-0.39, 0.29) is 17.9 Å². The SMILES string of the molecule is C=CCOc1c(Br)cc(/C=N\NC(=O)COc2ccc([C@@H]3NC(=O)NC(C)=C3C(=O)OC)cc2OC)cc1Br. The van der Waals surface area contributed by atoms with Crippen LogP contribution in [0, 0.1) is 0 Å². The molecule has 11 nitrogen and oxygen atoms in total. The summed E-state index contributed by atoms with van der Waals surface area (Å²) in [6.45, 7) is 5.25. The van der Waals surface area contributed by atoms with E-state index in [1.807, 2.05) is 0 Å². The number of halogens is 2. The fourth-order valence-electron chi connectivity index (χ4n) is 3.60. The molecule has 0 aromatic heterocycles. The predicted molar refractivity (Wildman–Crippen MR) is 151 cm³/mol.